The number of rotatable bonds is 4. The summed E-state index contributed by atoms with van der Waals surface area (Å²) >= 11 is 0. The zero-order chi connectivity index (χ0) is 11.6. The van der Waals surface area contributed by atoms with Gasteiger partial charge in [0.1, 0.15) is 11.4 Å². The van der Waals surface area contributed by atoms with Crippen LogP contribution in [0.1, 0.15) is 51.3 Å². The van der Waals surface area contributed by atoms with Crippen molar-refractivity contribution in [1.29, 1.82) is 0 Å². The van der Waals surface area contributed by atoms with Crippen LogP contribution in [-0.2, 0) is 25.5 Å². The van der Waals surface area contributed by atoms with E-state index in [1.807, 2.05) is 7.05 Å². The summed E-state index contributed by atoms with van der Waals surface area (Å²) in [6, 6.07) is 0. The molecule has 0 aliphatic rings. The normalized spacial score (nSPS) is 12.1. The molecule has 0 saturated heterocycles. The quantitative estimate of drug-likeness (QED) is 0.827. The van der Waals surface area contributed by atoms with E-state index in [0.29, 0.717) is 0 Å². The molecule has 0 atom stereocenters. The lowest BCUT2D eigenvalue weighted by atomic mass is 10.0. The minimum Gasteiger partial charge on any atom is -0.384 e. The van der Waals surface area contributed by atoms with Gasteiger partial charge in [0.2, 0.25) is 0 Å². The van der Waals surface area contributed by atoms with Gasteiger partial charge in [-0.25, -0.2) is 4.98 Å². The molecule has 0 aliphatic carbocycles. The summed E-state index contributed by atoms with van der Waals surface area (Å²) in [4.78, 5) is 4.55. The van der Waals surface area contributed by atoms with Crippen molar-refractivity contribution in [2.24, 2.45) is 7.05 Å². The summed E-state index contributed by atoms with van der Waals surface area (Å²) in [7, 11) is 2.03. The number of hydrogen-bond donors (Lipinski definition) is 1. The maximum absolute atomic E-state index is 10.0. The molecule has 0 aromatic carbocycles. The third kappa shape index (κ3) is 2.40. The molecule has 1 heterocycles. The van der Waals surface area contributed by atoms with Gasteiger partial charge in [-0.15, -0.1) is 0 Å². The van der Waals surface area contributed by atoms with Crippen molar-refractivity contribution in [2.45, 2.75) is 52.6 Å². The van der Waals surface area contributed by atoms with Crippen LogP contribution in [0.4, 0.5) is 0 Å². The minimum absolute atomic E-state index is 0.830. The summed E-state index contributed by atoms with van der Waals surface area (Å²) in [6.07, 6.45) is 2.96. The predicted molar refractivity (Wildman–Crippen MR) is 61.8 cm³/mol. The molecule has 3 nitrogen and oxygen atoms in total. The first-order chi connectivity index (χ1) is 6.91. The highest BCUT2D eigenvalue weighted by atomic mass is 16.3. The molecule has 0 saturated carbocycles. The molecule has 15 heavy (non-hydrogen) atoms. The van der Waals surface area contributed by atoms with Crippen molar-refractivity contribution in [2.75, 3.05) is 0 Å². The van der Waals surface area contributed by atoms with Gasteiger partial charge >= 0.3 is 0 Å². The smallest absolute Gasteiger partial charge is 0.109 e. The van der Waals surface area contributed by atoms with Gasteiger partial charge in [0.05, 0.1) is 5.69 Å². The first-order valence-corrected chi connectivity index (χ1v) is 5.69. The van der Waals surface area contributed by atoms with E-state index < -0.39 is 5.60 Å². The van der Waals surface area contributed by atoms with Crippen LogP contribution in [-0.4, -0.2) is 14.7 Å². The average molecular weight is 210 g/mol. The van der Waals surface area contributed by atoms with Crippen LogP contribution in [0.5, 0.6) is 0 Å². The Morgan fingerprint density at radius 1 is 1.33 bits per heavy atom. The number of imidazole rings is 1. The number of aromatic nitrogens is 2. The highest BCUT2D eigenvalue weighted by molar-refractivity contribution is 5.22. The Balaban J connectivity index is 3.22. The fourth-order valence-electron chi connectivity index (χ4n) is 1.92. The third-order valence-corrected chi connectivity index (χ3v) is 2.69. The monoisotopic (exact) mass is 210 g/mol. The summed E-state index contributed by atoms with van der Waals surface area (Å²) < 4.78 is 2.12. The predicted octanol–water partition coefficient (Wildman–Crippen LogP) is 2.16. The average Bonchev–Trinajstić information content (AvgIpc) is 2.44. The molecular formula is C12H22N2O. The topological polar surface area (TPSA) is 38.1 Å². The second-order valence-electron chi connectivity index (χ2n) is 4.54. The van der Waals surface area contributed by atoms with Crippen LogP contribution in [0, 0.1) is 0 Å². The maximum Gasteiger partial charge on any atom is 0.109 e. The molecule has 0 bridgehead atoms. The van der Waals surface area contributed by atoms with Crippen molar-refractivity contribution in [1.82, 2.24) is 9.55 Å². The maximum atomic E-state index is 10.0. The number of nitrogens with zero attached hydrogens (tertiary/aromatic N) is 2. The Kier molecular flexibility index (Phi) is 3.55. The van der Waals surface area contributed by atoms with Gasteiger partial charge in [-0.2, -0.15) is 0 Å². The third-order valence-electron chi connectivity index (χ3n) is 2.69. The lowest BCUT2D eigenvalue weighted by molar-refractivity contribution is 0.0731. The first kappa shape index (κ1) is 12.2. The molecule has 0 radical (unpaired) electrons. The fraction of sp³-hybridized carbons (Fsp3) is 0.750. The fourth-order valence-corrected chi connectivity index (χ4v) is 1.92. The highest BCUT2D eigenvalue weighted by Gasteiger charge is 2.25. The van der Waals surface area contributed by atoms with E-state index in [1.54, 1.807) is 13.8 Å². The molecule has 0 aliphatic heterocycles. The van der Waals surface area contributed by atoms with E-state index in [-0.39, 0.29) is 0 Å². The van der Waals surface area contributed by atoms with Crippen molar-refractivity contribution in [3.05, 3.63) is 17.2 Å². The van der Waals surface area contributed by atoms with E-state index in [4.69, 9.17) is 0 Å². The summed E-state index contributed by atoms with van der Waals surface area (Å²) in [5, 5.41) is 10.0. The Bertz CT molecular complexity index is 334. The van der Waals surface area contributed by atoms with Gasteiger partial charge in [0.25, 0.3) is 0 Å². The zero-order valence-corrected chi connectivity index (χ0v) is 10.5. The summed E-state index contributed by atoms with van der Waals surface area (Å²) in [5.41, 5.74) is 1.14. The number of aryl methyl sites for hydroxylation is 1. The van der Waals surface area contributed by atoms with Crippen LogP contribution in [0.25, 0.3) is 0 Å². The van der Waals surface area contributed by atoms with Crippen molar-refractivity contribution in [3.8, 4) is 0 Å². The second kappa shape index (κ2) is 4.35. The van der Waals surface area contributed by atoms with Crippen LogP contribution < -0.4 is 0 Å². The van der Waals surface area contributed by atoms with Crippen molar-refractivity contribution >= 4 is 0 Å². The van der Waals surface area contributed by atoms with Crippen LogP contribution >= 0.6 is 0 Å². The molecule has 0 unspecified atom stereocenters. The van der Waals surface area contributed by atoms with Crippen LogP contribution in [0.3, 0.4) is 0 Å². The van der Waals surface area contributed by atoms with E-state index in [1.165, 1.54) is 0 Å². The number of hydrogen-bond acceptors (Lipinski definition) is 2. The van der Waals surface area contributed by atoms with Crippen LogP contribution in [0.15, 0.2) is 0 Å². The van der Waals surface area contributed by atoms with Gasteiger partial charge in [0.15, 0.2) is 0 Å². The largest absolute Gasteiger partial charge is 0.384 e. The zero-order valence-electron chi connectivity index (χ0n) is 10.5. The molecule has 0 spiro atoms. The summed E-state index contributed by atoms with van der Waals surface area (Å²) in [6.45, 7) is 7.83. The van der Waals surface area contributed by atoms with Crippen molar-refractivity contribution < 1.29 is 5.11 Å². The molecule has 3 heteroatoms. The molecule has 1 N–H and O–H groups in total. The molecule has 86 valence electrons. The van der Waals surface area contributed by atoms with Crippen molar-refractivity contribution in [3.63, 3.8) is 0 Å². The Morgan fingerprint density at radius 3 is 2.27 bits per heavy atom. The molecule has 0 amide bonds. The van der Waals surface area contributed by atoms with Gasteiger partial charge in [0, 0.05) is 19.2 Å². The van der Waals surface area contributed by atoms with E-state index in [9.17, 15) is 5.11 Å². The highest BCUT2D eigenvalue weighted by Crippen LogP contribution is 2.24. The van der Waals surface area contributed by atoms with E-state index in [0.717, 1.165) is 36.5 Å². The molecule has 1 rings (SSSR count). The second-order valence-corrected chi connectivity index (χ2v) is 4.54. The molecule has 1 aromatic heterocycles. The van der Waals surface area contributed by atoms with Gasteiger partial charge in [-0.05, 0) is 26.7 Å². The molecule has 1 aromatic rings. The van der Waals surface area contributed by atoms with Gasteiger partial charge in [-0.1, -0.05) is 13.8 Å². The summed E-state index contributed by atoms with van der Waals surface area (Å²) in [5.74, 6) is 1.08. The Morgan fingerprint density at radius 2 is 1.93 bits per heavy atom. The first-order valence-electron chi connectivity index (χ1n) is 5.69. The van der Waals surface area contributed by atoms with E-state index in [2.05, 4.69) is 23.4 Å². The number of aliphatic hydroxyl groups is 1. The van der Waals surface area contributed by atoms with E-state index >= 15 is 0 Å². The minimum atomic E-state index is -0.838. The lowest BCUT2D eigenvalue weighted by Crippen LogP contribution is -2.18. The Labute approximate surface area is 92.1 Å². The standard InChI is InChI=1S/C12H22N2O/c1-6-8-10-13-11(12(3,4)15)9(7-2)14(10)5/h15H,6-8H2,1-5H3. The Hall–Kier alpha value is -0.830. The molecule has 0 fully saturated rings. The van der Waals surface area contributed by atoms with Crippen LogP contribution in [0.2, 0.25) is 0 Å². The van der Waals surface area contributed by atoms with Gasteiger partial charge in [-0.3, -0.25) is 0 Å². The lowest BCUT2D eigenvalue weighted by Gasteiger charge is -2.16. The SMILES string of the molecule is CCCc1nc(C(C)(C)O)c(CC)n1C. The van der Waals surface area contributed by atoms with Gasteiger partial charge < -0.3 is 9.67 Å². The molecular weight excluding hydrogens is 188 g/mol.